The Balaban J connectivity index is 1.87. The van der Waals surface area contributed by atoms with Crippen molar-refractivity contribution in [1.29, 1.82) is 0 Å². The van der Waals surface area contributed by atoms with E-state index in [0.717, 1.165) is 24.1 Å². The third-order valence-corrected chi connectivity index (χ3v) is 3.05. The monoisotopic (exact) mass is 271 g/mol. The predicted molar refractivity (Wildman–Crippen MR) is 82.8 cm³/mol. The predicted octanol–water partition coefficient (Wildman–Crippen LogP) is 1.95. The van der Waals surface area contributed by atoms with E-state index in [9.17, 15) is 0 Å². The molecule has 0 unspecified atom stereocenters. The Morgan fingerprint density at radius 1 is 1.40 bits per heavy atom. The molecule has 0 aliphatic carbocycles. The van der Waals surface area contributed by atoms with Crippen molar-refractivity contribution in [3.05, 3.63) is 47.8 Å². The van der Waals surface area contributed by atoms with E-state index < -0.39 is 0 Å². The zero-order valence-corrected chi connectivity index (χ0v) is 12.0. The maximum Gasteiger partial charge on any atom is 0.193 e. The summed E-state index contributed by atoms with van der Waals surface area (Å²) in [7, 11) is 1.91. The highest BCUT2D eigenvalue weighted by Gasteiger charge is 1.98. The number of nitrogens with one attached hydrogen (secondary N) is 1. The summed E-state index contributed by atoms with van der Waals surface area (Å²) in [4.78, 5) is 4.33. The van der Waals surface area contributed by atoms with Crippen LogP contribution >= 0.6 is 0 Å². The SMILES string of the molecule is CCc1cccc(NC(N)=NCCc2cnn(C)c2)c1. The molecule has 0 atom stereocenters. The maximum atomic E-state index is 5.88. The van der Waals surface area contributed by atoms with Gasteiger partial charge >= 0.3 is 0 Å². The number of aliphatic imine (C=N–C) groups is 1. The van der Waals surface area contributed by atoms with Gasteiger partial charge in [-0.05, 0) is 36.1 Å². The molecule has 0 aliphatic rings. The number of nitrogens with zero attached hydrogens (tertiary/aromatic N) is 3. The minimum Gasteiger partial charge on any atom is -0.370 e. The Kier molecular flexibility index (Phi) is 4.76. The summed E-state index contributed by atoms with van der Waals surface area (Å²) in [5.74, 6) is 0.446. The van der Waals surface area contributed by atoms with E-state index in [0.29, 0.717) is 12.5 Å². The standard InChI is InChI=1S/C15H21N5/c1-3-12-5-4-6-14(9-12)19-15(16)17-8-7-13-10-18-20(2)11-13/h4-6,9-11H,3,7-8H2,1-2H3,(H3,16,17,19). The molecule has 2 rings (SSSR count). The van der Waals surface area contributed by atoms with E-state index in [1.54, 1.807) is 4.68 Å². The highest BCUT2D eigenvalue weighted by molar-refractivity contribution is 5.92. The maximum absolute atomic E-state index is 5.88. The Morgan fingerprint density at radius 3 is 2.95 bits per heavy atom. The van der Waals surface area contributed by atoms with Crippen molar-refractivity contribution >= 4 is 11.6 Å². The van der Waals surface area contributed by atoms with Crippen LogP contribution in [0.4, 0.5) is 5.69 Å². The molecule has 2 aromatic rings. The van der Waals surface area contributed by atoms with Crippen LogP contribution in [0.5, 0.6) is 0 Å². The molecule has 5 heteroatoms. The molecule has 1 aromatic heterocycles. The smallest absolute Gasteiger partial charge is 0.193 e. The average Bonchev–Trinajstić information content (AvgIpc) is 2.84. The summed E-state index contributed by atoms with van der Waals surface area (Å²) < 4.78 is 1.79. The van der Waals surface area contributed by atoms with Gasteiger partial charge in [-0.2, -0.15) is 5.10 Å². The van der Waals surface area contributed by atoms with Crippen molar-refractivity contribution in [2.45, 2.75) is 19.8 Å². The highest BCUT2D eigenvalue weighted by atomic mass is 15.2. The second kappa shape index (κ2) is 6.75. The zero-order chi connectivity index (χ0) is 14.4. The van der Waals surface area contributed by atoms with Gasteiger partial charge in [0.2, 0.25) is 0 Å². The van der Waals surface area contributed by atoms with Crippen LogP contribution in [0.15, 0.2) is 41.7 Å². The van der Waals surface area contributed by atoms with Gasteiger partial charge in [0.05, 0.1) is 6.20 Å². The fourth-order valence-electron chi connectivity index (χ4n) is 1.96. The number of aryl methyl sites for hydroxylation is 2. The molecule has 1 heterocycles. The zero-order valence-electron chi connectivity index (χ0n) is 12.0. The van der Waals surface area contributed by atoms with Gasteiger partial charge in [-0.3, -0.25) is 9.67 Å². The van der Waals surface area contributed by atoms with Crippen LogP contribution in [0.3, 0.4) is 0 Å². The second-order valence-corrected chi connectivity index (χ2v) is 4.72. The summed E-state index contributed by atoms with van der Waals surface area (Å²) >= 11 is 0. The van der Waals surface area contributed by atoms with E-state index in [-0.39, 0.29) is 0 Å². The van der Waals surface area contributed by atoms with Crippen LogP contribution in [0.1, 0.15) is 18.1 Å². The summed E-state index contributed by atoms with van der Waals surface area (Å²) in [6, 6.07) is 8.19. The van der Waals surface area contributed by atoms with Gasteiger partial charge in [-0.15, -0.1) is 0 Å². The molecule has 0 spiro atoms. The van der Waals surface area contributed by atoms with E-state index in [4.69, 9.17) is 5.73 Å². The summed E-state index contributed by atoms with van der Waals surface area (Å²) in [6.07, 6.45) is 5.69. The van der Waals surface area contributed by atoms with E-state index in [2.05, 4.69) is 34.5 Å². The molecule has 106 valence electrons. The molecule has 0 saturated carbocycles. The summed E-state index contributed by atoms with van der Waals surface area (Å²) in [5.41, 5.74) is 9.30. The third-order valence-electron chi connectivity index (χ3n) is 3.05. The fourth-order valence-corrected chi connectivity index (χ4v) is 1.96. The van der Waals surface area contributed by atoms with Gasteiger partial charge in [0, 0.05) is 25.5 Å². The van der Waals surface area contributed by atoms with E-state index >= 15 is 0 Å². The topological polar surface area (TPSA) is 68.2 Å². The Morgan fingerprint density at radius 2 is 2.25 bits per heavy atom. The van der Waals surface area contributed by atoms with Crippen molar-refractivity contribution in [3.63, 3.8) is 0 Å². The average molecular weight is 271 g/mol. The minimum atomic E-state index is 0.446. The minimum absolute atomic E-state index is 0.446. The van der Waals surface area contributed by atoms with Gasteiger partial charge in [-0.25, -0.2) is 0 Å². The van der Waals surface area contributed by atoms with Crippen LogP contribution in [0.2, 0.25) is 0 Å². The van der Waals surface area contributed by atoms with Crippen LogP contribution in [0, 0.1) is 0 Å². The molecule has 0 amide bonds. The molecular formula is C15H21N5. The lowest BCUT2D eigenvalue weighted by molar-refractivity contribution is 0.766. The number of rotatable bonds is 5. The van der Waals surface area contributed by atoms with E-state index in [1.165, 1.54) is 5.56 Å². The largest absolute Gasteiger partial charge is 0.370 e. The first kappa shape index (κ1) is 14.1. The molecule has 0 bridgehead atoms. The number of guanidine groups is 1. The molecule has 3 N–H and O–H groups in total. The number of hydrogen-bond donors (Lipinski definition) is 2. The molecule has 0 saturated heterocycles. The van der Waals surface area contributed by atoms with Gasteiger partial charge in [0.1, 0.15) is 0 Å². The van der Waals surface area contributed by atoms with Crippen molar-refractivity contribution in [1.82, 2.24) is 9.78 Å². The third kappa shape index (κ3) is 4.12. The molecule has 1 aromatic carbocycles. The van der Waals surface area contributed by atoms with Crippen molar-refractivity contribution < 1.29 is 0 Å². The number of anilines is 1. The number of hydrogen-bond acceptors (Lipinski definition) is 2. The Labute approximate surface area is 119 Å². The lowest BCUT2D eigenvalue weighted by Crippen LogP contribution is -2.23. The lowest BCUT2D eigenvalue weighted by atomic mass is 10.1. The van der Waals surface area contributed by atoms with Crippen LogP contribution in [0.25, 0.3) is 0 Å². The fraction of sp³-hybridized carbons (Fsp3) is 0.333. The van der Waals surface area contributed by atoms with Crippen LogP contribution < -0.4 is 11.1 Å². The Bertz CT molecular complexity index is 585. The molecule has 0 aliphatic heterocycles. The van der Waals surface area contributed by atoms with Crippen molar-refractivity contribution in [3.8, 4) is 0 Å². The van der Waals surface area contributed by atoms with Crippen molar-refractivity contribution in [2.75, 3.05) is 11.9 Å². The first-order chi connectivity index (χ1) is 9.67. The normalized spacial score (nSPS) is 11.6. The molecular weight excluding hydrogens is 250 g/mol. The highest BCUT2D eigenvalue weighted by Crippen LogP contribution is 2.10. The quantitative estimate of drug-likeness (QED) is 0.645. The second-order valence-electron chi connectivity index (χ2n) is 4.72. The van der Waals surface area contributed by atoms with Gasteiger partial charge in [-0.1, -0.05) is 19.1 Å². The molecule has 20 heavy (non-hydrogen) atoms. The summed E-state index contributed by atoms with van der Waals surface area (Å²) in [6.45, 7) is 2.78. The van der Waals surface area contributed by atoms with Gasteiger partial charge < -0.3 is 11.1 Å². The Hall–Kier alpha value is -2.30. The van der Waals surface area contributed by atoms with Crippen molar-refractivity contribution in [2.24, 2.45) is 17.8 Å². The summed E-state index contributed by atoms with van der Waals surface area (Å²) in [5, 5.41) is 7.24. The first-order valence-electron chi connectivity index (χ1n) is 6.81. The lowest BCUT2D eigenvalue weighted by Gasteiger charge is -2.06. The number of aromatic nitrogens is 2. The number of benzene rings is 1. The molecule has 5 nitrogen and oxygen atoms in total. The van der Waals surface area contributed by atoms with Gasteiger partial charge in [0.25, 0.3) is 0 Å². The van der Waals surface area contributed by atoms with Crippen LogP contribution in [-0.4, -0.2) is 22.3 Å². The molecule has 0 radical (unpaired) electrons. The number of nitrogens with two attached hydrogens (primary N) is 1. The molecule has 0 fully saturated rings. The first-order valence-corrected chi connectivity index (χ1v) is 6.81. The van der Waals surface area contributed by atoms with Crippen LogP contribution in [-0.2, 0) is 19.9 Å². The van der Waals surface area contributed by atoms with E-state index in [1.807, 2.05) is 31.6 Å². The van der Waals surface area contributed by atoms with Gasteiger partial charge in [0.15, 0.2) is 5.96 Å².